The first-order valence-corrected chi connectivity index (χ1v) is 13.5. The highest BCUT2D eigenvalue weighted by atomic mass is 19.4. The Morgan fingerprint density at radius 1 is 1.10 bits per heavy atom. The number of hydrogen-bond donors (Lipinski definition) is 1. The van der Waals surface area contributed by atoms with Crippen LogP contribution >= 0.6 is 0 Å². The van der Waals surface area contributed by atoms with Gasteiger partial charge in [-0.05, 0) is 37.1 Å². The van der Waals surface area contributed by atoms with Crippen molar-refractivity contribution in [2.45, 2.75) is 37.6 Å². The molecule has 3 heterocycles. The number of hydrogen-bond acceptors (Lipinski definition) is 8. The predicted octanol–water partition coefficient (Wildman–Crippen LogP) is 2.73. The zero-order valence-electron chi connectivity index (χ0n) is 22.6. The summed E-state index contributed by atoms with van der Waals surface area (Å²) in [5.41, 5.74) is 1.91. The molecule has 0 unspecified atom stereocenters. The summed E-state index contributed by atoms with van der Waals surface area (Å²) < 4.78 is 56.5. The van der Waals surface area contributed by atoms with Crippen LogP contribution in [0.4, 0.5) is 23.4 Å². The standard InChI is InChI=1S/C27H34F4N6O3/c1-17-13-21(38)24-23(17)25(33-16-32-24)36-9-11-37(12-10-36)26(39)19(15-35-7-5-34(2)6-8-35)18-3-4-22(20(28)14-18)40-27(29,30)31/h3-4,14,16-17,19,21,38H,5-13,15H2,1-2H3/t17-,19+,21-/m1/s1. The first-order chi connectivity index (χ1) is 19.0. The number of piperazine rings is 2. The summed E-state index contributed by atoms with van der Waals surface area (Å²) in [5, 5.41) is 10.3. The van der Waals surface area contributed by atoms with Gasteiger partial charge in [-0.1, -0.05) is 13.0 Å². The number of aliphatic hydroxyl groups excluding tert-OH is 1. The molecule has 1 aliphatic carbocycles. The summed E-state index contributed by atoms with van der Waals surface area (Å²) in [4.78, 5) is 30.8. The maximum absolute atomic E-state index is 14.7. The molecule has 2 aromatic rings. The van der Waals surface area contributed by atoms with Gasteiger partial charge in [0.1, 0.15) is 12.1 Å². The molecule has 5 rings (SSSR count). The number of nitrogens with zero attached hydrogens (tertiary/aromatic N) is 6. The van der Waals surface area contributed by atoms with Gasteiger partial charge >= 0.3 is 6.36 Å². The van der Waals surface area contributed by atoms with Crippen molar-refractivity contribution in [2.75, 3.05) is 70.9 Å². The van der Waals surface area contributed by atoms with Gasteiger partial charge in [-0.25, -0.2) is 14.4 Å². The van der Waals surface area contributed by atoms with Gasteiger partial charge in [0, 0.05) is 64.5 Å². The van der Waals surface area contributed by atoms with E-state index in [4.69, 9.17) is 0 Å². The number of likely N-dealkylation sites (N-methyl/N-ethyl adjacent to an activating group) is 1. The van der Waals surface area contributed by atoms with Crippen LogP contribution in [-0.2, 0) is 4.79 Å². The number of ether oxygens (including phenoxy) is 1. The van der Waals surface area contributed by atoms with Crippen LogP contribution in [0.1, 0.15) is 48.1 Å². The average molecular weight is 567 g/mol. The Morgan fingerprint density at radius 3 is 2.45 bits per heavy atom. The third-order valence-corrected chi connectivity index (χ3v) is 8.09. The third kappa shape index (κ3) is 6.16. The minimum Gasteiger partial charge on any atom is -0.403 e. The Hall–Kier alpha value is -3.03. The van der Waals surface area contributed by atoms with E-state index in [1.807, 2.05) is 14.0 Å². The summed E-state index contributed by atoms with van der Waals surface area (Å²) in [6, 6.07) is 3.26. The normalized spacial score (nSPS) is 23.3. The Balaban J connectivity index is 1.33. The maximum Gasteiger partial charge on any atom is 0.573 e. The lowest BCUT2D eigenvalue weighted by atomic mass is 9.95. The topological polar surface area (TPSA) is 85.3 Å². The van der Waals surface area contributed by atoms with Gasteiger partial charge in [0.2, 0.25) is 5.91 Å². The maximum atomic E-state index is 14.7. The first-order valence-electron chi connectivity index (χ1n) is 13.5. The highest BCUT2D eigenvalue weighted by molar-refractivity contribution is 5.84. The molecule has 2 aliphatic heterocycles. The summed E-state index contributed by atoms with van der Waals surface area (Å²) in [7, 11) is 2.02. The van der Waals surface area contributed by atoms with Crippen LogP contribution in [-0.4, -0.2) is 108 Å². The second kappa shape index (κ2) is 11.5. The molecule has 1 amide bonds. The number of halogens is 4. The molecule has 3 aliphatic rings. The zero-order valence-corrected chi connectivity index (χ0v) is 22.6. The van der Waals surface area contributed by atoms with Gasteiger partial charge in [-0.3, -0.25) is 9.69 Å². The molecular formula is C27H34F4N6O3. The first kappa shape index (κ1) is 28.5. The van der Waals surface area contributed by atoms with E-state index in [0.717, 1.165) is 49.7 Å². The molecule has 218 valence electrons. The van der Waals surface area contributed by atoms with Crippen LogP contribution in [0.2, 0.25) is 0 Å². The largest absolute Gasteiger partial charge is 0.573 e. The van der Waals surface area contributed by atoms with E-state index in [2.05, 4.69) is 29.4 Å². The summed E-state index contributed by atoms with van der Waals surface area (Å²) in [6.45, 7) is 7.33. The zero-order chi connectivity index (χ0) is 28.6. The van der Waals surface area contributed by atoms with E-state index in [-0.39, 0.29) is 11.8 Å². The van der Waals surface area contributed by atoms with Gasteiger partial charge in [0.15, 0.2) is 11.6 Å². The lowest BCUT2D eigenvalue weighted by Crippen LogP contribution is -2.52. The molecule has 2 fully saturated rings. The Bertz CT molecular complexity index is 1220. The smallest absolute Gasteiger partial charge is 0.403 e. The monoisotopic (exact) mass is 566 g/mol. The fourth-order valence-corrected chi connectivity index (χ4v) is 5.87. The molecule has 40 heavy (non-hydrogen) atoms. The Labute approximate surface area is 230 Å². The quantitative estimate of drug-likeness (QED) is 0.535. The van der Waals surface area contributed by atoms with E-state index in [9.17, 15) is 27.5 Å². The van der Waals surface area contributed by atoms with Gasteiger partial charge in [-0.15, -0.1) is 13.2 Å². The van der Waals surface area contributed by atoms with Crippen molar-refractivity contribution < 1.29 is 32.2 Å². The van der Waals surface area contributed by atoms with Crippen molar-refractivity contribution in [2.24, 2.45) is 0 Å². The van der Waals surface area contributed by atoms with Gasteiger partial charge < -0.3 is 24.5 Å². The minimum atomic E-state index is -5.02. The molecule has 0 saturated carbocycles. The number of carbonyl (C=O) groups excluding carboxylic acids is 1. The van der Waals surface area contributed by atoms with Crippen molar-refractivity contribution in [3.8, 4) is 5.75 Å². The van der Waals surface area contributed by atoms with Crippen molar-refractivity contribution >= 4 is 11.7 Å². The van der Waals surface area contributed by atoms with E-state index >= 15 is 0 Å². The SMILES string of the molecule is C[C@@H]1C[C@@H](O)c2ncnc(N3CCN(C(=O)[C@@H](CN4CCN(C)CC4)c4ccc(OC(F)(F)F)c(F)c4)CC3)c21. The molecule has 1 aromatic carbocycles. The highest BCUT2D eigenvalue weighted by Crippen LogP contribution is 2.43. The molecule has 2 saturated heterocycles. The molecule has 3 atom stereocenters. The van der Waals surface area contributed by atoms with E-state index in [1.54, 1.807) is 4.90 Å². The Morgan fingerprint density at radius 2 is 1.80 bits per heavy atom. The highest BCUT2D eigenvalue weighted by Gasteiger charge is 2.36. The van der Waals surface area contributed by atoms with Gasteiger partial charge in [0.05, 0.1) is 17.7 Å². The van der Waals surface area contributed by atoms with Crippen LogP contribution in [0.5, 0.6) is 5.75 Å². The number of fused-ring (bicyclic) bond motifs is 1. The third-order valence-electron chi connectivity index (χ3n) is 8.09. The second-order valence-corrected chi connectivity index (χ2v) is 10.9. The fourth-order valence-electron chi connectivity index (χ4n) is 5.87. The lowest BCUT2D eigenvalue weighted by molar-refractivity contribution is -0.275. The van der Waals surface area contributed by atoms with Crippen LogP contribution in [0.15, 0.2) is 24.5 Å². The molecule has 1 aromatic heterocycles. The number of aliphatic hydroxyl groups is 1. The molecule has 9 nitrogen and oxygen atoms in total. The van der Waals surface area contributed by atoms with Crippen molar-refractivity contribution in [1.82, 2.24) is 24.7 Å². The number of anilines is 1. The van der Waals surface area contributed by atoms with Crippen molar-refractivity contribution in [3.05, 3.63) is 47.2 Å². The van der Waals surface area contributed by atoms with Gasteiger partial charge in [0.25, 0.3) is 0 Å². The van der Waals surface area contributed by atoms with Gasteiger partial charge in [-0.2, -0.15) is 0 Å². The number of carbonyl (C=O) groups is 1. The molecule has 0 spiro atoms. The van der Waals surface area contributed by atoms with Crippen LogP contribution in [0.3, 0.4) is 0 Å². The van der Waals surface area contributed by atoms with Crippen LogP contribution in [0.25, 0.3) is 0 Å². The second-order valence-electron chi connectivity index (χ2n) is 10.9. The molecule has 0 bridgehead atoms. The summed E-state index contributed by atoms with van der Waals surface area (Å²) in [6.07, 6.45) is -3.58. The summed E-state index contributed by atoms with van der Waals surface area (Å²) in [5.74, 6) is -2.13. The van der Waals surface area contributed by atoms with Crippen LogP contribution in [0, 0.1) is 5.82 Å². The van der Waals surface area contributed by atoms with Crippen molar-refractivity contribution in [3.63, 3.8) is 0 Å². The number of rotatable bonds is 6. The van der Waals surface area contributed by atoms with E-state index in [0.29, 0.717) is 50.4 Å². The minimum absolute atomic E-state index is 0.119. The number of benzene rings is 1. The molecule has 13 heteroatoms. The number of aromatic nitrogens is 2. The molecular weight excluding hydrogens is 532 g/mol. The van der Waals surface area contributed by atoms with Crippen molar-refractivity contribution in [1.29, 1.82) is 0 Å². The van der Waals surface area contributed by atoms with Crippen LogP contribution < -0.4 is 9.64 Å². The molecule has 1 N–H and O–H groups in total. The predicted molar refractivity (Wildman–Crippen MR) is 139 cm³/mol. The fraction of sp³-hybridized carbons (Fsp3) is 0.593. The number of amides is 1. The lowest BCUT2D eigenvalue weighted by Gasteiger charge is -2.39. The number of alkyl halides is 3. The summed E-state index contributed by atoms with van der Waals surface area (Å²) >= 11 is 0. The van der Waals surface area contributed by atoms with E-state index in [1.165, 1.54) is 12.4 Å². The average Bonchev–Trinajstić information content (AvgIpc) is 3.22. The Kier molecular flexibility index (Phi) is 8.16. The molecule has 0 radical (unpaired) electrons. The van der Waals surface area contributed by atoms with E-state index < -0.39 is 30.0 Å².